The molecule has 0 unspecified atom stereocenters. The minimum absolute atomic E-state index is 0.0473. The number of esters is 1. The van der Waals surface area contributed by atoms with Gasteiger partial charge >= 0.3 is 5.97 Å². The Morgan fingerprint density at radius 1 is 1.03 bits per heavy atom. The van der Waals surface area contributed by atoms with E-state index in [9.17, 15) is 14.4 Å². The van der Waals surface area contributed by atoms with Crippen molar-refractivity contribution in [2.24, 2.45) is 5.10 Å². The average Bonchev–Trinajstić information content (AvgIpc) is 3.27. The number of hydrogen-bond donors (Lipinski definition) is 0. The molecule has 3 rings (SSSR count). The van der Waals surface area contributed by atoms with Gasteiger partial charge in [0.2, 0.25) is 0 Å². The number of ether oxygens (including phenoxy) is 1. The van der Waals surface area contributed by atoms with Crippen molar-refractivity contribution in [1.82, 2.24) is 5.01 Å². The van der Waals surface area contributed by atoms with Crippen LogP contribution in [0, 0.1) is 0 Å². The monoisotopic (exact) mass is 410 g/mol. The van der Waals surface area contributed by atoms with Gasteiger partial charge in [-0.25, -0.2) is 5.01 Å². The van der Waals surface area contributed by atoms with E-state index in [1.165, 1.54) is 5.01 Å². The maximum absolute atomic E-state index is 12.2. The van der Waals surface area contributed by atoms with E-state index in [1.54, 1.807) is 23.9 Å². The molecule has 6 nitrogen and oxygen atoms in total. The maximum Gasteiger partial charge on any atom is 0.306 e. The van der Waals surface area contributed by atoms with Crippen LogP contribution in [0.4, 0.5) is 0 Å². The molecule has 0 N–H and O–H groups in total. The van der Waals surface area contributed by atoms with Crippen molar-refractivity contribution in [2.75, 3.05) is 19.4 Å². The Kier molecular flexibility index (Phi) is 7.19. The molecule has 1 aliphatic rings. The fourth-order valence-corrected chi connectivity index (χ4v) is 3.30. The number of nitrogens with zero attached hydrogens (tertiary/aromatic N) is 2. The lowest BCUT2D eigenvalue weighted by Gasteiger charge is -2.11. The van der Waals surface area contributed by atoms with Crippen LogP contribution in [-0.4, -0.2) is 47.8 Å². The van der Waals surface area contributed by atoms with Crippen LogP contribution in [0.15, 0.2) is 64.6 Å². The van der Waals surface area contributed by atoms with E-state index >= 15 is 0 Å². The van der Waals surface area contributed by atoms with Crippen LogP contribution >= 0.6 is 11.8 Å². The average molecular weight is 410 g/mol. The SMILES string of the molecule is CSc1ccc(C(=O)CCC(=O)OCC(=O)N2CCC(c3ccccc3)=N2)cc1. The van der Waals surface area contributed by atoms with E-state index in [2.05, 4.69) is 5.10 Å². The van der Waals surface area contributed by atoms with E-state index in [4.69, 9.17) is 4.74 Å². The molecule has 1 heterocycles. The highest BCUT2D eigenvalue weighted by Crippen LogP contribution is 2.16. The normalized spacial score (nSPS) is 13.1. The van der Waals surface area contributed by atoms with Gasteiger partial charge in [0.15, 0.2) is 12.4 Å². The van der Waals surface area contributed by atoms with Crippen LogP contribution in [0.3, 0.4) is 0 Å². The minimum atomic E-state index is -0.570. The van der Waals surface area contributed by atoms with Crippen LogP contribution in [0.1, 0.15) is 35.2 Å². The number of ketones is 1. The van der Waals surface area contributed by atoms with E-state index in [0.717, 1.165) is 16.2 Å². The summed E-state index contributed by atoms with van der Waals surface area (Å²) in [7, 11) is 0. The number of carbonyl (C=O) groups is 3. The second-order valence-electron chi connectivity index (χ2n) is 6.49. The molecule has 0 radical (unpaired) electrons. The first-order chi connectivity index (χ1) is 14.1. The molecule has 0 aromatic heterocycles. The molecule has 2 aromatic rings. The van der Waals surface area contributed by atoms with Crippen molar-refractivity contribution < 1.29 is 19.1 Å². The van der Waals surface area contributed by atoms with Crippen molar-refractivity contribution in [3.05, 3.63) is 65.7 Å². The van der Waals surface area contributed by atoms with Crippen LogP contribution < -0.4 is 0 Å². The molecule has 7 heteroatoms. The van der Waals surface area contributed by atoms with Gasteiger partial charge < -0.3 is 4.74 Å². The second kappa shape index (κ2) is 10.0. The van der Waals surface area contributed by atoms with Crippen molar-refractivity contribution in [3.8, 4) is 0 Å². The predicted molar refractivity (Wildman–Crippen MR) is 112 cm³/mol. The van der Waals surface area contributed by atoms with Gasteiger partial charge in [-0.05, 0) is 24.0 Å². The first-order valence-electron chi connectivity index (χ1n) is 9.33. The summed E-state index contributed by atoms with van der Waals surface area (Å²) in [4.78, 5) is 37.3. The maximum atomic E-state index is 12.2. The van der Waals surface area contributed by atoms with Gasteiger partial charge in [0.1, 0.15) is 0 Å². The molecule has 1 amide bonds. The largest absolute Gasteiger partial charge is 0.455 e. The molecule has 0 spiro atoms. The zero-order valence-electron chi connectivity index (χ0n) is 16.2. The number of Topliss-reactive ketones (excluding diaryl/α,β-unsaturated/α-hetero) is 1. The van der Waals surface area contributed by atoms with E-state index in [0.29, 0.717) is 18.5 Å². The Bertz CT molecular complexity index is 910. The highest BCUT2D eigenvalue weighted by Gasteiger charge is 2.22. The molecule has 0 fully saturated rings. The number of benzene rings is 2. The molecule has 150 valence electrons. The standard InChI is InChI=1S/C22H22N2O4S/c1-29-18-9-7-17(8-10-18)20(25)11-12-22(27)28-15-21(26)24-14-13-19(23-24)16-5-3-2-4-6-16/h2-10H,11-15H2,1H3. The number of hydrazone groups is 1. The topological polar surface area (TPSA) is 76.0 Å². The van der Waals surface area contributed by atoms with Gasteiger partial charge in [-0.3, -0.25) is 14.4 Å². The number of thioether (sulfide) groups is 1. The smallest absolute Gasteiger partial charge is 0.306 e. The number of amides is 1. The lowest BCUT2D eigenvalue weighted by molar-refractivity contribution is -0.151. The Morgan fingerprint density at radius 2 is 1.76 bits per heavy atom. The van der Waals surface area contributed by atoms with Gasteiger partial charge in [-0.2, -0.15) is 5.10 Å². The van der Waals surface area contributed by atoms with Crippen LogP contribution in [-0.2, 0) is 14.3 Å². The van der Waals surface area contributed by atoms with Crippen molar-refractivity contribution >= 4 is 35.1 Å². The predicted octanol–water partition coefficient (Wildman–Crippen LogP) is 3.55. The first-order valence-corrected chi connectivity index (χ1v) is 10.6. The molecule has 1 aliphatic heterocycles. The minimum Gasteiger partial charge on any atom is -0.455 e. The van der Waals surface area contributed by atoms with Crippen LogP contribution in [0.5, 0.6) is 0 Å². The Hall–Kier alpha value is -2.93. The molecule has 0 aliphatic carbocycles. The highest BCUT2D eigenvalue weighted by molar-refractivity contribution is 7.98. The molecule has 0 saturated heterocycles. The molecule has 29 heavy (non-hydrogen) atoms. The Balaban J connectivity index is 1.42. The van der Waals surface area contributed by atoms with Gasteiger partial charge in [0.05, 0.1) is 18.7 Å². The van der Waals surface area contributed by atoms with E-state index in [1.807, 2.05) is 48.7 Å². The highest BCUT2D eigenvalue weighted by atomic mass is 32.2. The molecule has 2 aromatic carbocycles. The van der Waals surface area contributed by atoms with Gasteiger partial charge in [-0.1, -0.05) is 42.5 Å². The Morgan fingerprint density at radius 3 is 2.45 bits per heavy atom. The lowest BCUT2D eigenvalue weighted by Crippen LogP contribution is -2.28. The summed E-state index contributed by atoms with van der Waals surface area (Å²) < 4.78 is 5.03. The number of carbonyl (C=O) groups excluding carboxylic acids is 3. The van der Waals surface area contributed by atoms with Gasteiger partial charge in [0, 0.05) is 23.3 Å². The summed E-state index contributed by atoms with van der Waals surface area (Å²) in [5, 5.41) is 5.64. The van der Waals surface area contributed by atoms with Crippen molar-refractivity contribution in [3.63, 3.8) is 0 Å². The second-order valence-corrected chi connectivity index (χ2v) is 7.37. The quantitative estimate of drug-likeness (QED) is 0.378. The zero-order valence-corrected chi connectivity index (χ0v) is 17.0. The molecule has 0 saturated carbocycles. The molecular formula is C22H22N2O4S. The zero-order chi connectivity index (χ0) is 20.6. The van der Waals surface area contributed by atoms with E-state index < -0.39 is 5.97 Å². The van der Waals surface area contributed by atoms with Crippen molar-refractivity contribution in [1.29, 1.82) is 0 Å². The molecule has 0 bridgehead atoms. The fraction of sp³-hybridized carbons (Fsp3) is 0.273. The number of hydrogen-bond acceptors (Lipinski definition) is 6. The summed E-state index contributed by atoms with van der Waals surface area (Å²) in [6.45, 7) is 0.0894. The summed E-state index contributed by atoms with van der Waals surface area (Å²) in [6.07, 6.45) is 2.61. The number of rotatable bonds is 8. The van der Waals surface area contributed by atoms with Gasteiger partial charge in [0.25, 0.3) is 5.91 Å². The fourth-order valence-electron chi connectivity index (χ4n) is 2.90. The summed E-state index contributed by atoms with van der Waals surface area (Å²) in [5.74, 6) is -1.07. The summed E-state index contributed by atoms with van der Waals surface area (Å²) in [6, 6.07) is 16.9. The summed E-state index contributed by atoms with van der Waals surface area (Å²) in [5.41, 5.74) is 2.37. The third-order valence-corrected chi connectivity index (χ3v) is 5.27. The van der Waals surface area contributed by atoms with Crippen molar-refractivity contribution in [2.45, 2.75) is 24.2 Å². The van der Waals surface area contributed by atoms with Gasteiger partial charge in [-0.15, -0.1) is 11.8 Å². The molecular weight excluding hydrogens is 388 g/mol. The Labute approximate surface area is 173 Å². The van der Waals surface area contributed by atoms with Crippen LogP contribution in [0.2, 0.25) is 0 Å². The lowest BCUT2D eigenvalue weighted by atomic mass is 10.1. The molecule has 0 atom stereocenters. The first kappa shape index (κ1) is 20.8. The summed E-state index contributed by atoms with van der Waals surface area (Å²) >= 11 is 1.60. The third-order valence-electron chi connectivity index (χ3n) is 4.52. The van der Waals surface area contributed by atoms with Crippen LogP contribution in [0.25, 0.3) is 0 Å². The third kappa shape index (κ3) is 5.77. The van der Waals surface area contributed by atoms with E-state index in [-0.39, 0.29) is 31.1 Å².